The van der Waals surface area contributed by atoms with Crippen molar-refractivity contribution in [3.8, 4) is 0 Å². The summed E-state index contributed by atoms with van der Waals surface area (Å²) in [6.07, 6.45) is 3.97. The maximum Gasteiger partial charge on any atom is 0.217 e. The van der Waals surface area contributed by atoms with Crippen LogP contribution in [0, 0.1) is 5.92 Å². The van der Waals surface area contributed by atoms with Crippen LogP contribution in [-0.2, 0) is 10.0 Å². The summed E-state index contributed by atoms with van der Waals surface area (Å²) in [7, 11) is -2.94. The highest BCUT2D eigenvalue weighted by atomic mass is 32.2. The summed E-state index contributed by atoms with van der Waals surface area (Å²) in [6, 6.07) is 0.254. The first-order chi connectivity index (χ1) is 7.19. The molecule has 0 aromatic heterocycles. The van der Waals surface area contributed by atoms with E-state index in [4.69, 9.17) is 0 Å². The summed E-state index contributed by atoms with van der Waals surface area (Å²) in [6.45, 7) is 2.67. The highest BCUT2D eigenvalue weighted by Gasteiger charge is 2.47. The molecule has 0 spiro atoms. The molecule has 0 aromatic rings. The van der Waals surface area contributed by atoms with Crippen molar-refractivity contribution in [2.24, 2.45) is 5.92 Å². The second-order valence-electron chi connectivity index (χ2n) is 4.96. The van der Waals surface area contributed by atoms with E-state index >= 15 is 0 Å². The van der Waals surface area contributed by atoms with Gasteiger partial charge in [0.1, 0.15) is 0 Å². The lowest BCUT2D eigenvalue weighted by atomic mass is 9.94. The van der Waals surface area contributed by atoms with E-state index in [-0.39, 0.29) is 11.3 Å². The molecule has 2 saturated heterocycles. The Morgan fingerprint density at radius 1 is 1.13 bits per heavy atom. The van der Waals surface area contributed by atoms with Gasteiger partial charge in [-0.15, -0.1) is 0 Å². The molecule has 0 amide bonds. The van der Waals surface area contributed by atoms with Gasteiger partial charge < -0.3 is 5.32 Å². The van der Waals surface area contributed by atoms with Gasteiger partial charge in [-0.2, -0.15) is 4.31 Å². The zero-order valence-corrected chi connectivity index (χ0v) is 9.67. The van der Waals surface area contributed by atoms with Crippen LogP contribution >= 0.6 is 0 Å². The summed E-state index contributed by atoms with van der Waals surface area (Å²) in [5, 5.41) is 3.27. The maximum absolute atomic E-state index is 12.1. The molecule has 3 fully saturated rings. The Kier molecular flexibility index (Phi) is 2.30. The number of nitrogens with one attached hydrogen (secondary N) is 1. The highest BCUT2D eigenvalue weighted by molar-refractivity contribution is 7.90. The Labute approximate surface area is 91.1 Å². The van der Waals surface area contributed by atoms with E-state index in [2.05, 4.69) is 5.32 Å². The fourth-order valence-electron chi connectivity index (χ4n) is 2.90. The van der Waals surface area contributed by atoms with Gasteiger partial charge in [-0.3, -0.25) is 0 Å². The molecule has 5 heteroatoms. The lowest BCUT2D eigenvalue weighted by molar-refractivity contribution is 0.275. The van der Waals surface area contributed by atoms with Crippen LogP contribution in [0.3, 0.4) is 0 Å². The van der Waals surface area contributed by atoms with E-state index in [1.54, 1.807) is 4.31 Å². The van der Waals surface area contributed by atoms with Crippen LogP contribution in [0.5, 0.6) is 0 Å². The van der Waals surface area contributed by atoms with E-state index in [0.29, 0.717) is 5.92 Å². The number of hydrogen-bond donors (Lipinski definition) is 1. The summed E-state index contributed by atoms with van der Waals surface area (Å²) >= 11 is 0. The van der Waals surface area contributed by atoms with Crippen molar-refractivity contribution in [3.05, 3.63) is 0 Å². The van der Waals surface area contributed by atoms with Crippen LogP contribution in [0.15, 0.2) is 0 Å². The predicted molar refractivity (Wildman–Crippen MR) is 58.0 cm³/mol. The standard InChI is InChI=1S/C10H18N2O2S/c13-15(14,9-1-2-9)12-6-4-8-3-5-11-7-10(8)12/h8-11H,1-7H2/t8-,10-/m0/s1. The Morgan fingerprint density at radius 2 is 1.93 bits per heavy atom. The Balaban J connectivity index is 1.81. The first-order valence-electron chi connectivity index (χ1n) is 5.91. The van der Waals surface area contributed by atoms with Crippen LogP contribution in [0.4, 0.5) is 0 Å². The third kappa shape index (κ3) is 1.61. The number of rotatable bonds is 2. The zero-order valence-electron chi connectivity index (χ0n) is 8.85. The van der Waals surface area contributed by atoms with Crippen molar-refractivity contribution < 1.29 is 8.42 Å². The predicted octanol–water partition coefficient (Wildman–Crippen LogP) is 0.162. The number of piperidine rings is 1. The summed E-state index contributed by atoms with van der Waals surface area (Å²) in [5.41, 5.74) is 0. The largest absolute Gasteiger partial charge is 0.315 e. The molecule has 1 N–H and O–H groups in total. The summed E-state index contributed by atoms with van der Waals surface area (Å²) in [4.78, 5) is 0. The molecule has 15 heavy (non-hydrogen) atoms. The van der Waals surface area contributed by atoms with Crippen LogP contribution in [0.25, 0.3) is 0 Å². The van der Waals surface area contributed by atoms with E-state index in [9.17, 15) is 8.42 Å². The van der Waals surface area contributed by atoms with E-state index in [0.717, 1.165) is 45.3 Å². The maximum atomic E-state index is 12.1. The Bertz CT molecular complexity index is 350. The van der Waals surface area contributed by atoms with Gasteiger partial charge in [-0.1, -0.05) is 0 Å². The van der Waals surface area contributed by atoms with Gasteiger partial charge in [0, 0.05) is 19.1 Å². The van der Waals surface area contributed by atoms with Crippen LogP contribution in [0.2, 0.25) is 0 Å². The number of hydrogen-bond acceptors (Lipinski definition) is 3. The first kappa shape index (κ1) is 10.1. The zero-order chi connectivity index (χ0) is 10.5. The van der Waals surface area contributed by atoms with Gasteiger partial charge in [-0.25, -0.2) is 8.42 Å². The molecule has 4 nitrogen and oxygen atoms in total. The second-order valence-corrected chi connectivity index (χ2v) is 7.13. The molecular formula is C10H18N2O2S. The summed E-state index contributed by atoms with van der Waals surface area (Å²) in [5.74, 6) is 0.611. The fraction of sp³-hybridized carbons (Fsp3) is 1.00. The van der Waals surface area contributed by atoms with Crippen LogP contribution in [0.1, 0.15) is 25.7 Å². The highest BCUT2D eigenvalue weighted by Crippen LogP contribution is 2.38. The van der Waals surface area contributed by atoms with Gasteiger partial charge in [0.25, 0.3) is 0 Å². The van der Waals surface area contributed by atoms with Gasteiger partial charge in [-0.05, 0) is 38.1 Å². The van der Waals surface area contributed by atoms with E-state index in [1.807, 2.05) is 0 Å². The number of fused-ring (bicyclic) bond motifs is 1. The normalized spacial score (nSPS) is 37.9. The Hall–Kier alpha value is -0.130. The molecule has 0 unspecified atom stereocenters. The van der Waals surface area contributed by atoms with E-state index < -0.39 is 10.0 Å². The van der Waals surface area contributed by atoms with Gasteiger partial charge >= 0.3 is 0 Å². The average molecular weight is 230 g/mol. The molecule has 2 atom stereocenters. The van der Waals surface area contributed by atoms with Gasteiger partial charge in [0.15, 0.2) is 0 Å². The monoisotopic (exact) mass is 230 g/mol. The van der Waals surface area contributed by atoms with E-state index in [1.165, 1.54) is 0 Å². The molecule has 0 bridgehead atoms. The third-order valence-electron chi connectivity index (χ3n) is 3.95. The lowest BCUT2D eigenvalue weighted by Crippen LogP contribution is -2.48. The minimum atomic E-state index is -2.94. The minimum absolute atomic E-state index is 0.0434. The topological polar surface area (TPSA) is 49.4 Å². The molecule has 0 aromatic carbocycles. The van der Waals surface area contributed by atoms with Crippen molar-refractivity contribution in [2.75, 3.05) is 19.6 Å². The molecule has 2 aliphatic heterocycles. The molecule has 86 valence electrons. The van der Waals surface area contributed by atoms with Crippen molar-refractivity contribution in [1.29, 1.82) is 0 Å². The lowest BCUT2D eigenvalue weighted by Gasteiger charge is -2.31. The molecule has 3 aliphatic rings. The first-order valence-corrected chi connectivity index (χ1v) is 7.41. The molecule has 0 radical (unpaired) electrons. The minimum Gasteiger partial charge on any atom is -0.315 e. The van der Waals surface area contributed by atoms with Gasteiger partial charge in [0.2, 0.25) is 10.0 Å². The van der Waals surface area contributed by atoms with Gasteiger partial charge in [0.05, 0.1) is 5.25 Å². The van der Waals surface area contributed by atoms with Crippen LogP contribution < -0.4 is 5.32 Å². The number of nitrogens with zero attached hydrogens (tertiary/aromatic N) is 1. The molecular weight excluding hydrogens is 212 g/mol. The fourth-order valence-corrected chi connectivity index (χ4v) is 5.00. The van der Waals surface area contributed by atoms with Crippen LogP contribution in [-0.4, -0.2) is 43.6 Å². The van der Waals surface area contributed by atoms with Crippen molar-refractivity contribution in [1.82, 2.24) is 9.62 Å². The third-order valence-corrected chi connectivity index (χ3v) is 6.37. The molecule has 3 rings (SSSR count). The van der Waals surface area contributed by atoms with Crippen molar-refractivity contribution >= 4 is 10.0 Å². The summed E-state index contributed by atoms with van der Waals surface area (Å²) < 4.78 is 26.1. The molecule has 2 heterocycles. The smallest absolute Gasteiger partial charge is 0.217 e. The molecule has 1 aliphatic carbocycles. The SMILES string of the molecule is O=S(=O)(C1CC1)N1CC[C@@H]2CCNC[C@@H]21. The number of sulfonamides is 1. The average Bonchev–Trinajstić information content (AvgIpc) is 2.98. The van der Waals surface area contributed by atoms with Crippen molar-refractivity contribution in [2.45, 2.75) is 37.0 Å². The second kappa shape index (κ2) is 3.43. The quantitative estimate of drug-likeness (QED) is 0.735. The molecule has 1 saturated carbocycles. The van der Waals surface area contributed by atoms with Crippen molar-refractivity contribution in [3.63, 3.8) is 0 Å². The Morgan fingerprint density at radius 3 is 2.67 bits per heavy atom.